The molecule has 1 aromatic heterocycles. The van der Waals surface area contributed by atoms with E-state index in [1.807, 2.05) is 6.92 Å². The fourth-order valence-corrected chi connectivity index (χ4v) is 4.62. The smallest absolute Gasteiger partial charge is 0.456 e. The Bertz CT molecular complexity index is 1410. The SMILES string of the molecule is CCCCCc1ccc(-c2cc3ccc(SCC(F)(F)OC(F)(F)OC(F)(F)OC(F)(F)COC)cc3o2)c(OC(F)(F)F)c1. The summed E-state index contributed by atoms with van der Waals surface area (Å²) < 4.78 is 170. The van der Waals surface area contributed by atoms with E-state index in [1.165, 1.54) is 30.3 Å². The van der Waals surface area contributed by atoms with Crippen LogP contribution in [0.5, 0.6) is 5.75 Å². The summed E-state index contributed by atoms with van der Waals surface area (Å²) in [5, 5.41) is 0.329. The van der Waals surface area contributed by atoms with E-state index in [9.17, 15) is 48.3 Å². The summed E-state index contributed by atoms with van der Waals surface area (Å²) in [5.41, 5.74) is 0.548. The van der Waals surface area contributed by atoms with Gasteiger partial charge in [0, 0.05) is 17.4 Å². The van der Waals surface area contributed by atoms with Gasteiger partial charge in [0.2, 0.25) is 0 Å². The van der Waals surface area contributed by atoms with Crippen LogP contribution in [-0.2, 0) is 25.4 Å². The third-order valence-corrected chi connectivity index (χ3v) is 6.66. The fourth-order valence-electron chi connectivity index (χ4n) is 3.87. The van der Waals surface area contributed by atoms with Gasteiger partial charge in [-0.1, -0.05) is 25.8 Å². The van der Waals surface area contributed by atoms with E-state index in [1.54, 1.807) is 6.07 Å². The summed E-state index contributed by atoms with van der Waals surface area (Å²) in [6.45, 7) is 0.182. The summed E-state index contributed by atoms with van der Waals surface area (Å²) in [6.07, 6.45) is -23.2. The second-order valence-corrected chi connectivity index (χ2v) is 10.4. The summed E-state index contributed by atoms with van der Waals surface area (Å²) in [5.74, 6) is -2.19. The number of fused-ring (bicyclic) bond motifs is 1. The van der Waals surface area contributed by atoms with Crippen LogP contribution in [0.3, 0.4) is 0 Å². The van der Waals surface area contributed by atoms with Crippen molar-refractivity contribution in [2.75, 3.05) is 19.5 Å². The lowest BCUT2D eigenvalue weighted by Gasteiger charge is -2.27. The lowest BCUT2D eigenvalue weighted by atomic mass is 10.0. The fraction of sp³-hybridized carbons (Fsp3) is 0.481. The zero-order valence-electron chi connectivity index (χ0n) is 23.3. The number of halogens is 11. The largest absolute Gasteiger partial charge is 0.573 e. The highest BCUT2D eigenvalue weighted by molar-refractivity contribution is 7.99. The Balaban J connectivity index is 1.73. The molecule has 2 aromatic carbocycles. The summed E-state index contributed by atoms with van der Waals surface area (Å²) in [4.78, 5) is -0.0400. The van der Waals surface area contributed by atoms with Crippen molar-refractivity contribution in [1.29, 1.82) is 0 Å². The van der Waals surface area contributed by atoms with Crippen LogP contribution >= 0.6 is 11.8 Å². The molecular formula is C27H25F11O6S. The van der Waals surface area contributed by atoms with Gasteiger partial charge in [-0.15, -0.1) is 42.5 Å². The maximum Gasteiger partial charge on any atom is 0.573 e. The number of aryl methyl sites for hydroxylation is 1. The van der Waals surface area contributed by atoms with Crippen molar-refractivity contribution in [3.05, 3.63) is 48.0 Å². The van der Waals surface area contributed by atoms with Crippen molar-refractivity contribution in [3.8, 4) is 17.1 Å². The van der Waals surface area contributed by atoms with E-state index in [2.05, 4.69) is 23.7 Å². The first kappa shape index (κ1) is 36.7. The molecule has 0 fully saturated rings. The summed E-state index contributed by atoms with van der Waals surface area (Å²) in [7, 11) is 0.659. The van der Waals surface area contributed by atoms with Gasteiger partial charge in [0.05, 0.1) is 11.3 Å². The number of thioether (sulfide) groups is 1. The molecule has 0 bridgehead atoms. The second-order valence-electron chi connectivity index (χ2n) is 9.37. The number of hydrogen-bond donors (Lipinski definition) is 0. The Labute approximate surface area is 252 Å². The molecule has 6 nitrogen and oxygen atoms in total. The molecule has 0 atom stereocenters. The van der Waals surface area contributed by atoms with Gasteiger partial charge in [0.15, 0.2) is 0 Å². The molecule has 0 saturated heterocycles. The van der Waals surface area contributed by atoms with Crippen LogP contribution in [0, 0.1) is 0 Å². The van der Waals surface area contributed by atoms with Crippen LogP contribution in [0.25, 0.3) is 22.3 Å². The number of rotatable bonds is 17. The number of furan rings is 1. The highest BCUT2D eigenvalue weighted by Gasteiger charge is 2.56. The number of ether oxygens (including phenoxy) is 5. The topological polar surface area (TPSA) is 59.3 Å². The van der Waals surface area contributed by atoms with E-state index in [0.29, 0.717) is 24.5 Å². The van der Waals surface area contributed by atoms with Gasteiger partial charge in [-0.05, 0) is 54.8 Å². The van der Waals surface area contributed by atoms with Gasteiger partial charge >= 0.3 is 31.2 Å². The Morgan fingerprint density at radius 1 is 0.756 bits per heavy atom. The van der Waals surface area contributed by atoms with Gasteiger partial charge in [-0.2, -0.15) is 17.6 Å². The molecule has 252 valence electrons. The molecular weight excluding hydrogens is 661 g/mol. The van der Waals surface area contributed by atoms with Crippen LogP contribution in [0.4, 0.5) is 48.3 Å². The monoisotopic (exact) mass is 686 g/mol. The number of benzene rings is 2. The molecule has 0 amide bonds. The molecule has 0 aliphatic rings. The molecule has 0 aliphatic heterocycles. The van der Waals surface area contributed by atoms with Crippen LogP contribution in [0.1, 0.15) is 31.7 Å². The highest BCUT2D eigenvalue weighted by Crippen LogP contribution is 2.41. The first-order chi connectivity index (χ1) is 20.7. The lowest BCUT2D eigenvalue weighted by Crippen LogP contribution is -2.46. The standard InChI is InChI=1S/C27H25F11O6S/c1-3-4-5-6-16-7-10-19(22(11-16)41-25(32,33)34)21-12-17-8-9-18(13-20(17)40-21)45-15-24(30,31)43-27(37,38)44-26(35,36)42-23(28,29)14-39-2/h7-13H,3-6,14-15H2,1-2H3. The van der Waals surface area contributed by atoms with Crippen molar-refractivity contribution < 1.29 is 76.4 Å². The Hall–Kier alpha value is -2.80. The quantitative estimate of drug-likeness (QED) is 0.0607. The van der Waals surface area contributed by atoms with Gasteiger partial charge in [0.1, 0.15) is 23.7 Å². The van der Waals surface area contributed by atoms with Crippen LogP contribution < -0.4 is 4.74 Å². The zero-order chi connectivity index (χ0) is 33.7. The minimum atomic E-state index is -5.79. The number of methoxy groups -OCH3 is 1. The number of alkyl halides is 11. The Kier molecular flexibility index (Phi) is 11.7. The van der Waals surface area contributed by atoms with Gasteiger partial charge < -0.3 is 13.9 Å². The molecule has 3 rings (SSSR count). The predicted octanol–water partition coefficient (Wildman–Crippen LogP) is 9.81. The van der Waals surface area contributed by atoms with Crippen molar-refractivity contribution in [1.82, 2.24) is 0 Å². The molecule has 0 spiro atoms. The highest BCUT2D eigenvalue weighted by atomic mass is 32.2. The molecule has 3 aromatic rings. The number of unbranched alkanes of at least 4 members (excludes halogenated alkanes) is 2. The first-order valence-corrected chi connectivity index (χ1v) is 13.9. The molecule has 45 heavy (non-hydrogen) atoms. The maximum atomic E-state index is 14.1. The van der Waals surface area contributed by atoms with E-state index in [4.69, 9.17) is 4.42 Å². The number of hydrogen-bond acceptors (Lipinski definition) is 7. The first-order valence-electron chi connectivity index (χ1n) is 12.9. The minimum Gasteiger partial charge on any atom is -0.456 e. The van der Waals surface area contributed by atoms with Gasteiger partial charge in [0.25, 0.3) is 0 Å². The Morgan fingerprint density at radius 2 is 1.42 bits per heavy atom. The van der Waals surface area contributed by atoms with Crippen molar-refractivity contribution in [2.45, 2.75) is 68.7 Å². The van der Waals surface area contributed by atoms with Crippen LogP contribution in [0.15, 0.2) is 51.8 Å². The average molecular weight is 687 g/mol. The third-order valence-electron chi connectivity index (χ3n) is 5.59. The average Bonchev–Trinajstić information content (AvgIpc) is 3.28. The molecule has 0 aliphatic carbocycles. The van der Waals surface area contributed by atoms with E-state index in [-0.39, 0.29) is 33.6 Å². The van der Waals surface area contributed by atoms with Crippen molar-refractivity contribution >= 4 is 22.7 Å². The van der Waals surface area contributed by atoms with Crippen molar-refractivity contribution in [2.24, 2.45) is 0 Å². The van der Waals surface area contributed by atoms with E-state index >= 15 is 0 Å². The van der Waals surface area contributed by atoms with E-state index in [0.717, 1.165) is 25.3 Å². The lowest BCUT2D eigenvalue weighted by molar-refractivity contribution is -0.572. The normalized spacial score (nSPS) is 13.5. The molecule has 1 heterocycles. The maximum absolute atomic E-state index is 14.1. The van der Waals surface area contributed by atoms with Crippen LogP contribution in [0.2, 0.25) is 0 Å². The van der Waals surface area contributed by atoms with Crippen LogP contribution in [-0.4, -0.2) is 50.6 Å². The molecule has 0 N–H and O–H groups in total. The van der Waals surface area contributed by atoms with Gasteiger partial charge in [-0.3, -0.25) is 0 Å². The van der Waals surface area contributed by atoms with Crippen molar-refractivity contribution in [3.63, 3.8) is 0 Å². The molecule has 0 saturated carbocycles. The second kappa shape index (κ2) is 14.3. The Morgan fingerprint density at radius 3 is 2.04 bits per heavy atom. The zero-order valence-corrected chi connectivity index (χ0v) is 24.1. The molecule has 18 heteroatoms. The van der Waals surface area contributed by atoms with E-state index < -0.39 is 49.3 Å². The molecule has 0 unspecified atom stereocenters. The third kappa shape index (κ3) is 11.8. The summed E-state index contributed by atoms with van der Waals surface area (Å²) >= 11 is 0.192. The summed E-state index contributed by atoms with van der Waals surface area (Å²) in [6, 6.07) is 9.33. The predicted molar refractivity (Wildman–Crippen MR) is 137 cm³/mol. The van der Waals surface area contributed by atoms with Gasteiger partial charge in [-0.25, -0.2) is 14.2 Å². The minimum absolute atomic E-state index is 0.00616. The molecule has 0 radical (unpaired) electrons.